The monoisotopic (exact) mass is 229 g/mol. The number of methoxy groups -OCH3 is 1. The second kappa shape index (κ2) is 3.91. The number of carbonyl (C=O) groups excluding carboxylic acids is 1. The summed E-state index contributed by atoms with van der Waals surface area (Å²) in [5.74, 6) is 1.04. The van der Waals surface area contributed by atoms with Gasteiger partial charge in [0.25, 0.3) is 0 Å². The highest BCUT2D eigenvalue weighted by atomic mass is 16.5. The van der Waals surface area contributed by atoms with Gasteiger partial charge >= 0.3 is 0 Å². The number of hydrogen-bond donors (Lipinski definition) is 1. The van der Waals surface area contributed by atoms with E-state index in [4.69, 9.17) is 4.74 Å². The number of hydrogen-bond acceptors (Lipinski definition) is 2. The van der Waals surface area contributed by atoms with Gasteiger partial charge in [-0.2, -0.15) is 0 Å². The summed E-state index contributed by atoms with van der Waals surface area (Å²) >= 11 is 0. The summed E-state index contributed by atoms with van der Waals surface area (Å²) in [6.07, 6.45) is 3.87. The molecular formula is C14H15NO2. The zero-order valence-corrected chi connectivity index (χ0v) is 9.82. The SMILES string of the molecule is COc1ccc2[nH]c3c(c2c1)CC(C=O)CC3. The predicted molar refractivity (Wildman–Crippen MR) is 66.4 cm³/mol. The van der Waals surface area contributed by atoms with E-state index in [1.807, 2.05) is 12.1 Å². The van der Waals surface area contributed by atoms with Crippen LogP contribution in [0.25, 0.3) is 10.9 Å². The molecule has 0 aliphatic heterocycles. The maximum Gasteiger partial charge on any atom is 0.123 e. The molecule has 17 heavy (non-hydrogen) atoms. The van der Waals surface area contributed by atoms with Crippen molar-refractivity contribution in [3.63, 3.8) is 0 Å². The van der Waals surface area contributed by atoms with E-state index in [0.717, 1.165) is 36.8 Å². The molecule has 3 rings (SSSR count). The molecule has 2 aromatic rings. The van der Waals surface area contributed by atoms with Gasteiger partial charge in [0.15, 0.2) is 0 Å². The van der Waals surface area contributed by atoms with Gasteiger partial charge in [-0.25, -0.2) is 0 Å². The second-order valence-corrected chi connectivity index (χ2v) is 4.63. The highest BCUT2D eigenvalue weighted by Crippen LogP contribution is 2.32. The van der Waals surface area contributed by atoms with E-state index in [1.54, 1.807) is 7.11 Å². The summed E-state index contributed by atoms with van der Waals surface area (Å²) in [6, 6.07) is 6.06. The number of aromatic nitrogens is 1. The van der Waals surface area contributed by atoms with Crippen LogP contribution in [0.4, 0.5) is 0 Å². The number of aromatic amines is 1. The Balaban J connectivity index is 2.15. The first-order chi connectivity index (χ1) is 8.31. The van der Waals surface area contributed by atoms with Gasteiger partial charge in [0, 0.05) is 22.5 Å². The Morgan fingerprint density at radius 3 is 3.12 bits per heavy atom. The van der Waals surface area contributed by atoms with E-state index in [1.165, 1.54) is 16.6 Å². The molecule has 0 fully saturated rings. The number of aryl methyl sites for hydroxylation is 1. The lowest BCUT2D eigenvalue weighted by atomic mass is 9.87. The molecule has 1 aromatic carbocycles. The van der Waals surface area contributed by atoms with Gasteiger partial charge in [-0.05, 0) is 43.0 Å². The number of aldehydes is 1. The fraction of sp³-hybridized carbons (Fsp3) is 0.357. The molecule has 1 unspecified atom stereocenters. The number of nitrogens with one attached hydrogen (secondary N) is 1. The minimum absolute atomic E-state index is 0.174. The van der Waals surface area contributed by atoms with Crippen LogP contribution >= 0.6 is 0 Å². The summed E-state index contributed by atoms with van der Waals surface area (Å²) in [5.41, 5.74) is 3.72. The van der Waals surface area contributed by atoms with Crippen LogP contribution in [0.3, 0.4) is 0 Å². The number of carbonyl (C=O) groups is 1. The van der Waals surface area contributed by atoms with E-state index in [9.17, 15) is 4.79 Å². The molecule has 1 aromatic heterocycles. The lowest BCUT2D eigenvalue weighted by Gasteiger charge is -2.17. The third-order valence-corrected chi connectivity index (χ3v) is 3.63. The van der Waals surface area contributed by atoms with Gasteiger partial charge in [0.2, 0.25) is 0 Å². The maximum atomic E-state index is 10.9. The molecule has 3 heteroatoms. The first kappa shape index (κ1) is 10.4. The summed E-state index contributed by atoms with van der Waals surface area (Å²) in [5, 5.41) is 1.20. The summed E-state index contributed by atoms with van der Waals surface area (Å²) in [6.45, 7) is 0. The van der Waals surface area contributed by atoms with Gasteiger partial charge in [-0.3, -0.25) is 0 Å². The number of H-pyrrole nitrogens is 1. The zero-order valence-electron chi connectivity index (χ0n) is 9.82. The average Bonchev–Trinajstić information content (AvgIpc) is 2.75. The standard InChI is InChI=1S/C14H15NO2/c1-17-10-3-5-14-12(7-10)11-6-9(8-16)2-4-13(11)15-14/h3,5,7-9,15H,2,4,6H2,1H3. The van der Waals surface area contributed by atoms with Crippen LogP contribution in [0, 0.1) is 5.92 Å². The third-order valence-electron chi connectivity index (χ3n) is 3.63. The number of rotatable bonds is 2. The van der Waals surface area contributed by atoms with Crippen LogP contribution in [-0.2, 0) is 17.6 Å². The van der Waals surface area contributed by atoms with Crippen molar-refractivity contribution in [2.45, 2.75) is 19.3 Å². The fourth-order valence-electron chi connectivity index (χ4n) is 2.67. The molecule has 1 heterocycles. The lowest BCUT2D eigenvalue weighted by molar-refractivity contribution is -0.111. The van der Waals surface area contributed by atoms with Crippen LogP contribution in [0.2, 0.25) is 0 Å². The van der Waals surface area contributed by atoms with Crippen molar-refractivity contribution in [3.8, 4) is 5.75 Å². The third kappa shape index (κ3) is 1.62. The molecule has 1 aliphatic rings. The molecule has 0 radical (unpaired) electrons. The molecular weight excluding hydrogens is 214 g/mol. The largest absolute Gasteiger partial charge is 0.497 e. The molecule has 1 atom stereocenters. The maximum absolute atomic E-state index is 10.9. The topological polar surface area (TPSA) is 42.1 Å². The first-order valence-corrected chi connectivity index (χ1v) is 5.94. The molecule has 1 N–H and O–H groups in total. The van der Waals surface area contributed by atoms with Crippen molar-refractivity contribution >= 4 is 17.2 Å². The van der Waals surface area contributed by atoms with Crippen molar-refractivity contribution in [2.75, 3.05) is 7.11 Å². The molecule has 0 saturated heterocycles. The first-order valence-electron chi connectivity index (χ1n) is 5.94. The Hall–Kier alpha value is -1.77. The van der Waals surface area contributed by atoms with E-state index < -0.39 is 0 Å². The average molecular weight is 229 g/mol. The summed E-state index contributed by atoms with van der Waals surface area (Å²) in [7, 11) is 1.68. The van der Waals surface area contributed by atoms with Crippen LogP contribution in [0.15, 0.2) is 18.2 Å². The Morgan fingerprint density at radius 2 is 2.35 bits per heavy atom. The highest BCUT2D eigenvalue weighted by Gasteiger charge is 2.22. The molecule has 0 saturated carbocycles. The van der Waals surface area contributed by atoms with Crippen molar-refractivity contribution in [3.05, 3.63) is 29.5 Å². The van der Waals surface area contributed by atoms with E-state index >= 15 is 0 Å². The molecule has 0 spiro atoms. The molecule has 3 nitrogen and oxygen atoms in total. The smallest absolute Gasteiger partial charge is 0.123 e. The van der Waals surface area contributed by atoms with E-state index in [-0.39, 0.29) is 5.92 Å². The summed E-state index contributed by atoms with van der Waals surface area (Å²) in [4.78, 5) is 14.4. The number of ether oxygens (including phenoxy) is 1. The fourth-order valence-corrected chi connectivity index (χ4v) is 2.67. The van der Waals surface area contributed by atoms with Gasteiger partial charge in [0.05, 0.1) is 7.11 Å². The number of fused-ring (bicyclic) bond motifs is 3. The Morgan fingerprint density at radius 1 is 1.47 bits per heavy atom. The Kier molecular flexibility index (Phi) is 2.39. The zero-order chi connectivity index (χ0) is 11.8. The van der Waals surface area contributed by atoms with Crippen LogP contribution in [-0.4, -0.2) is 18.4 Å². The quantitative estimate of drug-likeness (QED) is 0.804. The van der Waals surface area contributed by atoms with Crippen LogP contribution < -0.4 is 4.74 Å². The van der Waals surface area contributed by atoms with Gasteiger partial charge in [-0.15, -0.1) is 0 Å². The van der Waals surface area contributed by atoms with Crippen molar-refractivity contribution < 1.29 is 9.53 Å². The molecule has 0 amide bonds. The molecule has 88 valence electrons. The predicted octanol–water partition coefficient (Wildman–Crippen LogP) is 2.48. The normalized spacial score (nSPS) is 19.0. The minimum atomic E-state index is 0.174. The van der Waals surface area contributed by atoms with Gasteiger partial charge in [-0.1, -0.05) is 0 Å². The van der Waals surface area contributed by atoms with E-state index in [2.05, 4.69) is 11.1 Å². The van der Waals surface area contributed by atoms with Crippen molar-refractivity contribution in [1.29, 1.82) is 0 Å². The lowest BCUT2D eigenvalue weighted by Crippen LogP contribution is -2.14. The number of benzene rings is 1. The van der Waals surface area contributed by atoms with E-state index in [0.29, 0.717) is 0 Å². The van der Waals surface area contributed by atoms with Crippen LogP contribution in [0.1, 0.15) is 17.7 Å². The van der Waals surface area contributed by atoms with Gasteiger partial charge in [0.1, 0.15) is 12.0 Å². The Labute approximate surface area is 99.8 Å². The van der Waals surface area contributed by atoms with Crippen LogP contribution in [0.5, 0.6) is 5.75 Å². The van der Waals surface area contributed by atoms with Crippen molar-refractivity contribution in [2.24, 2.45) is 5.92 Å². The Bertz CT molecular complexity index is 571. The summed E-state index contributed by atoms with van der Waals surface area (Å²) < 4.78 is 5.25. The van der Waals surface area contributed by atoms with Gasteiger partial charge < -0.3 is 14.5 Å². The highest BCUT2D eigenvalue weighted by molar-refractivity contribution is 5.86. The van der Waals surface area contributed by atoms with Crippen molar-refractivity contribution in [1.82, 2.24) is 4.98 Å². The molecule has 1 aliphatic carbocycles. The minimum Gasteiger partial charge on any atom is -0.497 e. The second-order valence-electron chi connectivity index (χ2n) is 4.63. The molecule has 0 bridgehead atoms.